The number of anilines is 1. The zero-order valence-electron chi connectivity index (χ0n) is 15.7. The number of hydrogen-bond donors (Lipinski definition) is 1. The molecule has 0 unspecified atom stereocenters. The van der Waals surface area contributed by atoms with Crippen molar-refractivity contribution in [2.45, 2.75) is 13.5 Å². The van der Waals surface area contributed by atoms with Crippen LogP contribution >= 0.6 is 0 Å². The van der Waals surface area contributed by atoms with E-state index in [0.29, 0.717) is 17.6 Å². The number of methoxy groups -OCH3 is 1. The molecular weight excluding hydrogens is 352 g/mol. The van der Waals surface area contributed by atoms with Gasteiger partial charge in [0, 0.05) is 11.3 Å². The van der Waals surface area contributed by atoms with E-state index in [-0.39, 0.29) is 5.91 Å². The molecule has 0 radical (unpaired) electrons. The Balaban J connectivity index is 1.55. The number of hydrogen-bond acceptors (Lipinski definition) is 4. The summed E-state index contributed by atoms with van der Waals surface area (Å²) >= 11 is 0. The highest BCUT2D eigenvalue weighted by Crippen LogP contribution is 2.18. The molecule has 0 atom stereocenters. The molecule has 0 aliphatic rings. The van der Waals surface area contributed by atoms with Gasteiger partial charge in [0.15, 0.2) is 0 Å². The molecule has 0 fully saturated rings. The number of ether oxygens (including phenoxy) is 1. The summed E-state index contributed by atoms with van der Waals surface area (Å²) in [6, 6.07) is 20.9. The highest BCUT2D eigenvalue weighted by Gasteiger charge is 2.11. The van der Waals surface area contributed by atoms with E-state index in [9.17, 15) is 4.79 Å². The standard InChI is InChI=1S/C22H20N4O2/c1-15-6-9-18(10-7-15)23-22(27)17-8-11-21-20(13-17)24-25-26(21)14-16-4-3-5-19(12-16)28-2/h3-13H,14H2,1-2H3,(H,23,27). The summed E-state index contributed by atoms with van der Waals surface area (Å²) in [4.78, 5) is 12.5. The van der Waals surface area contributed by atoms with E-state index in [0.717, 1.165) is 28.1 Å². The average Bonchev–Trinajstić information content (AvgIpc) is 3.12. The number of rotatable bonds is 5. The average molecular weight is 372 g/mol. The predicted octanol–water partition coefficient (Wildman–Crippen LogP) is 4.05. The van der Waals surface area contributed by atoms with Gasteiger partial charge in [0.2, 0.25) is 0 Å². The van der Waals surface area contributed by atoms with Crippen molar-refractivity contribution in [3.8, 4) is 5.75 Å². The van der Waals surface area contributed by atoms with Crippen molar-refractivity contribution in [1.82, 2.24) is 15.0 Å². The Morgan fingerprint density at radius 2 is 1.89 bits per heavy atom. The lowest BCUT2D eigenvalue weighted by atomic mass is 10.1. The number of amides is 1. The Morgan fingerprint density at radius 1 is 1.07 bits per heavy atom. The number of fused-ring (bicyclic) bond motifs is 1. The van der Waals surface area contributed by atoms with Crippen molar-refractivity contribution in [2.24, 2.45) is 0 Å². The maximum atomic E-state index is 12.5. The van der Waals surface area contributed by atoms with Gasteiger partial charge in [-0.3, -0.25) is 4.79 Å². The van der Waals surface area contributed by atoms with E-state index < -0.39 is 0 Å². The van der Waals surface area contributed by atoms with Crippen LogP contribution in [-0.4, -0.2) is 28.0 Å². The summed E-state index contributed by atoms with van der Waals surface area (Å²) in [5.41, 5.74) is 5.06. The molecule has 0 spiro atoms. The minimum absolute atomic E-state index is 0.173. The first-order valence-electron chi connectivity index (χ1n) is 8.96. The van der Waals surface area contributed by atoms with E-state index >= 15 is 0 Å². The van der Waals surface area contributed by atoms with Crippen LogP contribution in [0.25, 0.3) is 11.0 Å². The SMILES string of the molecule is COc1cccc(Cn2nnc3cc(C(=O)Nc4ccc(C)cc4)ccc32)c1. The first kappa shape index (κ1) is 17.7. The van der Waals surface area contributed by atoms with E-state index in [2.05, 4.69) is 15.6 Å². The van der Waals surface area contributed by atoms with Crippen molar-refractivity contribution >= 4 is 22.6 Å². The van der Waals surface area contributed by atoms with Gasteiger partial charge in [-0.1, -0.05) is 35.0 Å². The van der Waals surface area contributed by atoms with Gasteiger partial charge in [0.1, 0.15) is 11.3 Å². The Labute approximate surface area is 162 Å². The highest BCUT2D eigenvalue weighted by molar-refractivity contribution is 6.05. The van der Waals surface area contributed by atoms with Crippen molar-refractivity contribution in [1.29, 1.82) is 0 Å². The topological polar surface area (TPSA) is 69.0 Å². The fourth-order valence-corrected chi connectivity index (χ4v) is 3.01. The lowest BCUT2D eigenvalue weighted by molar-refractivity contribution is 0.102. The van der Waals surface area contributed by atoms with Crippen molar-refractivity contribution in [3.63, 3.8) is 0 Å². The number of aryl methyl sites for hydroxylation is 1. The second kappa shape index (κ2) is 7.52. The Bertz CT molecular complexity index is 1130. The third-order valence-electron chi connectivity index (χ3n) is 4.55. The summed E-state index contributed by atoms with van der Waals surface area (Å²) in [5, 5.41) is 11.4. The Kier molecular flexibility index (Phi) is 4.76. The van der Waals surface area contributed by atoms with Crippen molar-refractivity contribution in [2.75, 3.05) is 12.4 Å². The Morgan fingerprint density at radius 3 is 2.68 bits per heavy atom. The summed E-state index contributed by atoms with van der Waals surface area (Å²) in [5.74, 6) is 0.630. The van der Waals surface area contributed by atoms with Gasteiger partial charge >= 0.3 is 0 Å². The van der Waals surface area contributed by atoms with Gasteiger partial charge in [0.05, 0.1) is 19.2 Å². The molecule has 1 heterocycles. The van der Waals surface area contributed by atoms with Crippen LogP contribution in [0.4, 0.5) is 5.69 Å². The fraction of sp³-hybridized carbons (Fsp3) is 0.136. The van der Waals surface area contributed by atoms with Gasteiger partial charge in [0.25, 0.3) is 5.91 Å². The molecule has 3 aromatic carbocycles. The lowest BCUT2D eigenvalue weighted by Crippen LogP contribution is -2.11. The van der Waals surface area contributed by atoms with Crippen LogP contribution in [0.3, 0.4) is 0 Å². The van der Waals surface area contributed by atoms with Crippen molar-refractivity contribution in [3.05, 3.63) is 83.4 Å². The van der Waals surface area contributed by atoms with Gasteiger partial charge in [-0.15, -0.1) is 5.10 Å². The molecule has 4 rings (SSSR count). The molecule has 0 saturated carbocycles. The molecule has 0 aliphatic heterocycles. The molecule has 1 amide bonds. The van der Waals surface area contributed by atoms with Crippen LogP contribution < -0.4 is 10.1 Å². The molecular formula is C22H20N4O2. The number of benzene rings is 3. The smallest absolute Gasteiger partial charge is 0.255 e. The van der Waals surface area contributed by atoms with Crippen LogP contribution in [0.5, 0.6) is 5.75 Å². The predicted molar refractivity (Wildman–Crippen MR) is 109 cm³/mol. The number of nitrogens with zero attached hydrogens (tertiary/aromatic N) is 3. The summed E-state index contributed by atoms with van der Waals surface area (Å²) in [7, 11) is 1.65. The minimum atomic E-state index is -0.173. The summed E-state index contributed by atoms with van der Waals surface area (Å²) < 4.78 is 7.08. The first-order chi connectivity index (χ1) is 13.6. The van der Waals surface area contributed by atoms with Gasteiger partial charge in [-0.05, 0) is 55.0 Å². The zero-order chi connectivity index (χ0) is 19.5. The molecule has 0 saturated heterocycles. The fourth-order valence-electron chi connectivity index (χ4n) is 3.01. The maximum Gasteiger partial charge on any atom is 0.255 e. The Hall–Kier alpha value is -3.67. The van der Waals surface area contributed by atoms with Crippen LogP contribution in [0.2, 0.25) is 0 Å². The molecule has 1 N–H and O–H groups in total. The van der Waals surface area contributed by atoms with Gasteiger partial charge in [-0.2, -0.15) is 0 Å². The quantitative estimate of drug-likeness (QED) is 0.574. The van der Waals surface area contributed by atoms with E-state index in [1.165, 1.54) is 0 Å². The van der Waals surface area contributed by atoms with Crippen LogP contribution in [0.15, 0.2) is 66.7 Å². The third-order valence-corrected chi connectivity index (χ3v) is 4.55. The molecule has 0 aliphatic carbocycles. The van der Waals surface area contributed by atoms with Crippen LogP contribution in [0.1, 0.15) is 21.5 Å². The number of nitrogens with one attached hydrogen (secondary N) is 1. The first-order valence-corrected chi connectivity index (χ1v) is 8.96. The summed E-state index contributed by atoms with van der Waals surface area (Å²) in [6.45, 7) is 2.58. The van der Waals surface area contributed by atoms with Crippen LogP contribution in [-0.2, 0) is 6.54 Å². The van der Waals surface area contributed by atoms with Gasteiger partial charge < -0.3 is 10.1 Å². The lowest BCUT2D eigenvalue weighted by Gasteiger charge is -2.07. The molecule has 28 heavy (non-hydrogen) atoms. The number of aromatic nitrogens is 3. The van der Waals surface area contributed by atoms with Crippen LogP contribution in [0, 0.1) is 6.92 Å². The third kappa shape index (κ3) is 3.71. The molecule has 140 valence electrons. The molecule has 0 bridgehead atoms. The summed E-state index contributed by atoms with van der Waals surface area (Å²) in [6.07, 6.45) is 0. The molecule has 4 aromatic rings. The zero-order valence-corrected chi connectivity index (χ0v) is 15.7. The normalized spacial score (nSPS) is 10.8. The molecule has 1 aromatic heterocycles. The van der Waals surface area contributed by atoms with E-state index in [1.807, 2.05) is 66.2 Å². The maximum absolute atomic E-state index is 12.5. The largest absolute Gasteiger partial charge is 0.497 e. The van der Waals surface area contributed by atoms with E-state index in [1.54, 1.807) is 19.2 Å². The molecule has 6 heteroatoms. The van der Waals surface area contributed by atoms with Gasteiger partial charge in [-0.25, -0.2) is 4.68 Å². The number of carbonyl (C=O) groups is 1. The second-order valence-electron chi connectivity index (χ2n) is 6.62. The van der Waals surface area contributed by atoms with E-state index in [4.69, 9.17) is 4.74 Å². The highest BCUT2D eigenvalue weighted by atomic mass is 16.5. The minimum Gasteiger partial charge on any atom is -0.497 e. The van der Waals surface area contributed by atoms with Crippen molar-refractivity contribution < 1.29 is 9.53 Å². The second-order valence-corrected chi connectivity index (χ2v) is 6.62. The molecule has 6 nitrogen and oxygen atoms in total. The monoisotopic (exact) mass is 372 g/mol. The number of carbonyl (C=O) groups excluding carboxylic acids is 1.